The van der Waals surface area contributed by atoms with Crippen molar-refractivity contribution < 1.29 is 8.42 Å². The number of hydrogen-bond acceptors (Lipinski definition) is 6. The summed E-state index contributed by atoms with van der Waals surface area (Å²) in [5.74, 6) is 1.34. The summed E-state index contributed by atoms with van der Waals surface area (Å²) in [5, 5.41) is 18.2. The maximum atomic E-state index is 12.3. The minimum Gasteiger partial charge on any atom is -0.306 e. The first kappa shape index (κ1) is 20.4. The molecular formula is C17H23N5O2S2. The number of nitriles is 1. The summed E-state index contributed by atoms with van der Waals surface area (Å²) in [6, 6.07) is 7.93. The minimum atomic E-state index is -3.62. The summed E-state index contributed by atoms with van der Waals surface area (Å²) >= 11 is 1.55. The Morgan fingerprint density at radius 1 is 1.35 bits per heavy atom. The lowest BCUT2D eigenvalue weighted by molar-refractivity contribution is 0.477. The van der Waals surface area contributed by atoms with Gasteiger partial charge in [-0.25, -0.2) is 13.1 Å². The number of nitrogens with one attached hydrogen (secondary N) is 1. The van der Waals surface area contributed by atoms with Gasteiger partial charge in [-0.1, -0.05) is 31.7 Å². The average molecular weight is 394 g/mol. The number of aryl methyl sites for hydroxylation is 1. The van der Waals surface area contributed by atoms with Crippen LogP contribution < -0.4 is 4.72 Å². The van der Waals surface area contributed by atoms with Crippen molar-refractivity contribution in [2.45, 2.75) is 43.3 Å². The third kappa shape index (κ3) is 5.30. The molecule has 0 amide bonds. The summed E-state index contributed by atoms with van der Waals surface area (Å²) < 4.78 is 29.3. The van der Waals surface area contributed by atoms with E-state index >= 15 is 0 Å². The smallest absolute Gasteiger partial charge is 0.240 e. The first-order chi connectivity index (χ1) is 12.4. The molecule has 2 rings (SSSR count). The summed E-state index contributed by atoms with van der Waals surface area (Å²) in [7, 11) is -3.62. The topological polar surface area (TPSA) is 101 Å². The van der Waals surface area contributed by atoms with Gasteiger partial charge in [-0.05, 0) is 36.8 Å². The van der Waals surface area contributed by atoms with Crippen molar-refractivity contribution in [1.29, 1.82) is 5.26 Å². The predicted molar refractivity (Wildman–Crippen MR) is 101 cm³/mol. The van der Waals surface area contributed by atoms with E-state index in [0.717, 1.165) is 17.5 Å². The molecule has 0 atom stereocenters. The molecule has 0 bridgehead atoms. The normalized spacial score (nSPS) is 11.7. The number of hydrogen-bond donors (Lipinski definition) is 1. The Labute approximate surface area is 158 Å². The second kappa shape index (κ2) is 9.16. The first-order valence-electron chi connectivity index (χ1n) is 8.33. The highest BCUT2D eigenvalue weighted by Gasteiger charge is 2.15. The number of thioether (sulfide) groups is 1. The van der Waals surface area contributed by atoms with Crippen molar-refractivity contribution in [3.8, 4) is 6.07 Å². The molecule has 9 heteroatoms. The molecular weight excluding hydrogens is 370 g/mol. The first-order valence-corrected chi connectivity index (χ1v) is 11.0. The highest BCUT2D eigenvalue weighted by molar-refractivity contribution is 7.98. The fourth-order valence-electron chi connectivity index (χ4n) is 2.47. The van der Waals surface area contributed by atoms with Gasteiger partial charge in [0.15, 0.2) is 5.16 Å². The van der Waals surface area contributed by atoms with E-state index in [1.54, 1.807) is 23.9 Å². The highest BCUT2D eigenvalue weighted by Crippen LogP contribution is 2.17. The fraction of sp³-hybridized carbons (Fsp3) is 0.471. The van der Waals surface area contributed by atoms with Gasteiger partial charge in [0.05, 0.1) is 16.5 Å². The fourth-order valence-corrected chi connectivity index (χ4v) is 4.11. The van der Waals surface area contributed by atoms with Crippen LogP contribution in [0.5, 0.6) is 0 Å². The average Bonchev–Trinajstić information content (AvgIpc) is 3.00. The van der Waals surface area contributed by atoms with Crippen LogP contribution in [0, 0.1) is 17.2 Å². The van der Waals surface area contributed by atoms with Crippen LogP contribution in [0.25, 0.3) is 0 Å². The molecule has 0 aliphatic rings. The molecule has 0 spiro atoms. The van der Waals surface area contributed by atoms with Gasteiger partial charge >= 0.3 is 0 Å². The number of aromatic nitrogens is 3. The number of nitrogens with zero attached hydrogens (tertiary/aromatic N) is 4. The lowest BCUT2D eigenvalue weighted by Crippen LogP contribution is -2.25. The molecule has 2 aromatic rings. The molecule has 1 heterocycles. The Morgan fingerprint density at radius 3 is 2.77 bits per heavy atom. The molecule has 1 N–H and O–H groups in total. The zero-order valence-electron chi connectivity index (χ0n) is 15.1. The Morgan fingerprint density at radius 2 is 2.12 bits per heavy atom. The molecule has 0 unspecified atom stereocenters. The molecule has 0 fully saturated rings. The van der Waals surface area contributed by atoms with Gasteiger partial charge in [0, 0.05) is 19.5 Å². The predicted octanol–water partition coefficient (Wildman–Crippen LogP) is 2.44. The second-order valence-electron chi connectivity index (χ2n) is 6.25. The van der Waals surface area contributed by atoms with E-state index in [2.05, 4.69) is 33.3 Å². The summed E-state index contributed by atoms with van der Waals surface area (Å²) in [4.78, 5) is 0.101. The van der Waals surface area contributed by atoms with Crippen LogP contribution in [-0.2, 0) is 23.0 Å². The largest absolute Gasteiger partial charge is 0.306 e. The van der Waals surface area contributed by atoms with E-state index in [4.69, 9.17) is 5.26 Å². The van der Waals surface area contributed by atoms with Gasteiger partial charge < -0.3 is 4.57 Å². The van der Waals surface area contributed by atoms with E-state index in [-0.39, 0.29) is 4.90 Å². The summed E-state index contributed by atoms with van der Waals surface area (Å²) in [6.07, 6.45) is 3.22. The Balaban J connectivity index is 1.96. The van der Waals surface area contributed by atoms with Crippen LogP contribution in [0.15, 0.2) is 34.3 Å². The maximum absolute atomic E-state index is 12.3. The van der Waals surface area contributed by atoms with Crippen molar-refractivity contribution in [3.05, 3.63) is 35.7 Å². The van der Waals surface area contributed by atoms with E-state index < -0.39 is 10.0 Å². The summed E-state index contributed by atoms with van der Waals surface area (Å²) in [6.45, 7) is 5.40. The van der Waals surface area contributed by atoms with Crippen LogP contribution in [0.1, 0.15) is 31.7 Å². The lowest BCUT2D eigenvalue weighted by Gasteiger charge is -2.12. The van der Waals surface area contributed by atoms with E-state index in [9.17, 15) is 8.42 Å². The van der Waals surface area contributed by atoms with Gasteiger partial charge in [0.25, 0.3) is 0 Å². The molecule has 0 aliphatic carbocycles. The SMILES string of the molecule is CSc1nnc(CCCNS(=O)(=O)c2cccc(C#N)c2)n1CC(C)C. The van der Waals surface area contributed by atoms with Crippen molar-refractivity contribution in [2.75, 3.05) is 12.8 Å². The van der Waals surface area contributed by atoms with Crippen molar-refractivity contribution in [2.24, 2.45) is 5.92 Å². The van der Waals surface area contributed by atoms with Crippen molar-refractivity contribution >= 4 is 21.8 Å². The number of benzene rings is 1. The molecule has 0 aliphatic heterocycles. The van der Waals surface area contributed by atoms with E-state index in [0.29, 0.717) is 30.9 Å². The van der Waals surface area contributed by atoms with Crippen LogP contribution in [0.4, 0.5) is 0 Å². The molecule has 0 saturated carbocycles. The third-order valence-electron chi connectivity index (χ3n) is 3.67. The zero-order chi connectivity index (χ0) is 19.2. The second-order valence-corrected chi connectivity index (χ2v) is 8.79. The highest BCUT2D eigenvalue weighted by atomic mass is 32.2. The Bertz CT molecular complexity index is 885. The standard InChI is InChI=1S/C17H23N5O2S2/c1-13(2)12-22-16(20-21-17(22)25-3)8-5-9-19-26(23,24)15-7-4-6-14(10-15)11-18/h4,6-7,10,13,19H,5,8-9,12H2,1-3H3. The van der Waals surface area contributed by atoms with Gasteiger partial charge in [0.2, 0.25) is 10.0 Å². The van der Waals surface area contributed by atoms with Crippen LogP contribution in [0.3, 0.4) is 0 Å². The molecule has 1 aromatic carbocycles. The van der Waals surface area contributed by atoms with Crippen molar-refractivity contribution in [3.63, 3.8) is 0 Å². The molecule has 7 nitrogen and oxygen atoms in total. The Hall–Kier alpha value is -1.89. The number of rotatable bonds is 9. The van der Waals surface area contributed by atoms with E-state index in [1.165, 1.54) is 12.1 Å². The van der Waals surface area contributed by atoms with Gasteiger partial charge in [-0.15, -0.1) is 10.2 Å². The number of sulfonamides is 1. The van der Waals surface area contributed by atoms with Gasteiger partial charge in [0.1, 0.15) is 5.82 Å². The molecule has 1 aromatic heterocycles. The van der Waals surface area contributed by atoms with Gasteiger partial charge in [-0.2, -0.15) is 5.26 Å². The lowest BCUT2D eigenvalue weighted by atomic mass is 10.2. The molecule has 140 valence electrons. The zero-order valence-corrected chi connectivity index (χ0v) is 16.8. The van der Waals surface area contributed by atoms with Crippen LogP contribution in [0.2, 0.25) is 0 Å². The summed E-state index contributed by atoms with van der Waals surface area (Å²) in [5.41, 5.74) is 0.319. The Kier molecular flexibility index (Phi) is 7.20. The third-order valence-corrected chi connectivity index (χ3v) is 5.79. The molecule has 26 heavy (non-hydrogen) atoms. The monoisotopic (exact) mass is 393 g/mol. The van der Waals surface area contributed by atoms with Crippen molar-refractivity contribution in [1.82, 2.24) is 19.5 Å². The maximum Gasteiger partial charge on any atom is 0.240 e. The van der Waals surface area contributed by atoms with Crippen LogP contribution >= 0.6 is 11.8 Å². The van der Waals surface area contributed by atoms with E-state index in [1.807, 2.05) is 12.3 Å². The van der Waals surface area contributed by atoms with Crippen LogP contribution in [-0.4, -0.2) is 36.0 Å². The quantitative estimate of drug-likeness (QED) is 0.519. The minimum absolute atomic E-state index is 0.101. The molecule has 0 radical (unpaired) electrons. The van der Waals surface area contributed by atoms with Gasteiger partial charge in [-0.3, -0.25) is 0 Å². The molecule has 0 saturated heterocycles.